The molecule has 0 spiro atoms. The van der Waals surface area contributed by atoms with Crippen LogP contribution in [0.1, 0.15) is 12.0 Å². The zero-order valence-corrected chi connectivity index (χ0v) is 15.0. The second kappa shape index (κ2) is 7.13. The zero-order valence-electron chi connectivity index (χ0n) is 13.4. The molecule has 1 aliphatic heterocycles. The number of fused-ring (bicyclic) bond motifs is 1. The van der Waals surface area contributed by atoms with Crippen molar-refractivity contribution in [3.63, 3.8) is 0 Å². The van der Waals surface area contributed by atoms with Gasteiger partial charge in [0.2, 0.25) is 0 Å². The maximum Gasteiger partial charge on any atom is 0.175 e. The molecule has 5 heteroatoms. The van der Waals surface area contributed by atoms with Gasteiger partial charge >= 0.3 is 0 Å². The summed E-state index contributed by atoms with van der Waals surface area (Å²) in [6.07, 6.45) is 0.908. The van der Waals surface area contributed by atoms with E-state index in [0.29, 0.717) is 13.2 Å². The number of nitrogens with zero attached hydrogens (tertiary/aromatic N) is 1. The maximum absolute atomic E-state index is 5.79. The van der Waals surface area contributed by atoms with E-state index in [4.69, 9.17) is 9.47 Å². The van der Waals surface area contributed by atoms with Gasteiger partial charge in [0, 0.05) is 27.1 Å². The molecule has 3 rings (SSSR count). The van der Waals surface area contributed by atoms with Gasteiger partial charge in [-0.25, -0.2) is 0 Å². The highest BCUT2D eigenvalue weighted by molar-refractivity contribution is 9.10. The van der Waals surface area contributed by atoms with Gasteiger partial charge < -0.3 is 19.7 Å². The highest BCUT2D eigenvalue weighted by Crippen LogP contribution is 2.38. The lowest BCUT2D eigenvalue weighted by atomic mass is 10.2. The molecule has 0 aliphatic carbocycles. The van der Waals surface area contributed by atoms with Crippen molar-refractivity contribution in [2.24, 2.45) is 0 Å². The fourth-order valence-corrected chi connectivity index (χ4v) is 3.20. The third-order valence-electron chi connectivity index (χ3n) is 3.73. The van der Waals surface area contributed by atoms with Crippen LogP contribution in [0.2, 0.25) is 0 Å². The van der Waals surface area contributed by atoms with Crippen LogP contribution in [0.15, 0.2) is 40.9 Å². The minimum Gasteiger partial charge on any atom is -0.490 e. The summed E-state index contributed by atoms with van der Waals surface area (Å²) in [6, 6.07) is 12.4. The smallest absolute Gasteiger partial charge is 0.175 e. The highest BCUT2D eigenvalue weighted by atomic mass is 79.9. The lowest BCUT2D eigenvalue weighted by molar-refractivity contribution is 0.296. The predicted octanol–water partition coefficient (Wildman–Crippen LogP) is 4.29. The van der Waals surface area contributed by atoms with Gasteiger partial charge in [-0.15, -0.1) is 0 Å². The maximum atomic E-state index is 5.79. The lowest BCUT2D eigenvalue weighted by Gasteiger charge is -2.19. The van der Waals surface area contributed by atoms with E-state index >= 15 is 0 Å². The molecular weight excluding hydrogens is 356 g/mol. The van der Waals surface area contributed by atoms with Gasteiger partial charge in [-0.3, -0.25) is 0 Å². The number of benzene rings is 2. The fourth-order valence-electron chi connectivity index (χ4n) is 2.60. The molecule has 2 aromatic rings. The first-order valence-electron chi connectivity index (χ1n) is 7.73. The van der Waals surface area contributed by atoms with Crippen molar-refractivity contribution >= 4 is 27.3 Å². The molecule has 23 heavy (non-hydrogen) atoms. The van der Waals surface area contributed by atoms with Crippen LogP contribution in [-0.4, -0.2) is 27.3 Å². The van der Waals surface area contributed by atoms with Gasteiger partial charge in [0.15, 0.2) is 11.5 Å². The van der Waals surface area contributed by atoms with E-state index in [1.165, 1.54) is 5.69 Å². The molecule has 0 unspecified atom stereocenters. The van der Waals surface area contributed by atoms with Crippen LogP contribution in [-0.2, 0) is 6.54 Å². The minimum absolute atomic E-state index is 0.694. The molecule has 122 valence electrons. The molecule has 1 aliphatic rings. The van der Waals surface area contributed by atoms with Crippen molar-refractivity contribution in [3.05, 3.63) is 46.4 Å². The van der Waals surface area contributed by atoms with Crippen molar-refractivity contribution in [1.29, 1.82) is 0 Å². The first-order chi connectivity index (χ1) is 11.1. The summed E-state index contributed by atoms with van der Waals surface area (Å²) >= 11 is 3.59. The molecule has 0 aromatic heterocycles. The number of hydrogen-bond donors (Lipinski definition) is 1. The summed E-state index contributed by atoms with van der Waals surface area (Å²) in [5, 5.41) is 3.50. The van der Waals surface area contributed by atoms with Crippen molar-refractivity contribution in [3.8, 4) is 11.5 Å². The topological polar surface area (TPSA) is 33.7 Å². The summed E-state index contributed by atoms with van der Waals surface area (Å²) < 4.78 is 12.5. The molecule has 4 nitrogen and oxygen atoms in total. The van der Waals surface area contributed by atoms with Crippen LogP contribution in [0.4, 0.5) is 11.4 Å². The van der Waals surface area contributed by atoms with Crippen molar-refractivity contribution in [1.82, 2.24) is 0 Å². The van der Waals surface area contributed by atoms with Gasteiger partial charge in [0.1, 0.15) is 0 Å². The number of rotatable bonds is 4. The Morgan fingerprint density at radius 1 is 1.13 bits per heavy atom. The monoisotopic (exact) mass is 376 g/mol. The number of halogens is 1. The summed E-state index contributed by atoms with van der Waals surface area (Å²) in [4.78, 5) is 2.10. The Kier molecular flexibility index (Phi) is 4.96. The van der Waals surface area contributed by atoms with Crippen LogP contribution >= 0.6 is 15.9 Å². The quantitative estimate of drug-likeness (QED) is 0.862. The highest BCUT2D eigenvalue weighted by Gasteiger charge is 2.15. The third kappa shape index (κ3) is 3.72. The first kappa shape index (κ1) is 16.0. The molecule has 1 heterocycles. The Morgan fingerprint density at radius 3 is 2.74 bits per heavy atom. The standard InChI is InChI=1S/C18H21BrN2O2/c1-21(2)16-7-4-3-6-15(16)20-12-13-10-14(19)18-17(11-13)22-8-5-9-23-18/h3-4,6-7,10-11,20H,5,8-9,12H2,1-2H3. The Bertz CT molecular complexity index is 689. The lowest BCUT2D eigenvalue weighted by Crippen LogP contribution is -2.12. The molecule has 2 aromatic carbocycles. The largest absolute Gasteiger partial charge is 0.490 e. The number of ether oxygens (including phenoxy) is 2. The summed E-state index contributed by atoms with van der Waals surface area (Å²) in [7, 11) is 4.09. The molecule has 1 N–H and O–H groups in total. The van der Waals surface area contributed by atoms with Crippen LogP contribution < -0.4 is 19.7 Å². The molecule has 0 bridgehead atoms. The Balaban J connectivity index is 1.79. The fraction of sp³-hybridized carbons (Fsp3) is 0.333. The number of para-hydroxylation sites is 2. The normalized spacial score (nSPS) is 13.3. The number of anilines is 2. The minimum atomic E-state index is 0.694. The van der Waals surface area contributed by atoms with Gasteiger partial charge in [-0.05, 0) is 45.8 Å². The van der Waals surface area contributed by atoms with E-state index in [0.717, 1.165) is 40.2 Å². The van der Waals surface area contributed by atoms with Gasteiger partial charge in [0.05, 0.1) is 29.1 Å². The zero-order chi connectivity index (χ0) is 16.2. The van der Waals surface area contributed by atoms with Crippen LogP contribution in [0, 0.1) is 0 Å². The molecule has 0 amide bonds. The average molecular weight is 377 g/mol. The third-order valence-corrected chi connectivity index (χ3v) is 4.32. The van der Waals surface area contributed by atoms with Crippen LogP contribution in [0.25, 0.3) is 0 Å². The van der Waals surface area contributed by atoms with E-state index in [1.54, 1.807) is 0 Å². The second-order valence-corrected chi connectivity index (χ2v) is 6.57. The van der Waals surface area contributed by atoms with E-state index in [1.807, 2.05) is 26.2 Å². The van der Waals surface area contributed by atoms with Crippen molar-refractivity contribution in [2.75, 3.05) is 37.5 Å². The predicted molar refractivity (Wildman–Crippen MR) is 97.8 cm³/mol. The molecule has 0 fully saturated rings. The number of nitrogens with one attached hydrogen (secondary N) is 1. The van der Waals surface area contributed by atoms with Gasteiger partial charge in [-0.1, -0.05) is 12.1 Å². The van der Waals surface area contributed by atoms with Gasteiger partial charge in [0.25, 0.3) is 0 Å². The average Bonchev–Trinajstić information content (AvgIpc) is 2.79. The number of hydrogen-bond acceptors (Lipinski definition) is 4. The Hall–Kier alpha value is -1.88. The summed E-state index contributed by atoms with van der Waals surface area (Å²) in [5.41, 5.74) is 3.43. The molecule has 0 atom stereocenters. The summed E-state index contributed by atoms with van der Waals surface area (Å²) in [6.45, 7) is 2.11. The van der Waals surface area contributed by atoms with E-state index in [-0.39, 0.29) is 0 Å². The van der Waals surface area contributed by atoms with E-state index in [9.17, 15) is 0 Å². The molecule has 0 saturated carbocycles. The molecular formula is C18H21BrN2O2. The van der Waals surface area contributed by atoms with Crippen molar-refractivity contribution < 1.29 is 9.47 Å². The van der Waals surface area contributed by atoms with Crippen LogP contribution in [0.3, 0.4) is 0 Å². The summed E-state index contributed by atoms with van der Waals surface area (Å²) in [5.74, 6) is 1.62. The Morgan fingerprint density at radius 2 is 1.91 bits per heavy atom. The SMILES string of the molecule is CN(C)c1ccccc1NCc1cc(Br)c2c(c1)OCCCO2. The van der Waals surface area contributed by atoms with Gasteiger partial charge in [-0.2, -0.15) is 0 Å². The van der Waals surface area contributed by atoms with E-state index < -0.39 is 0 Å². The van der Waals surface area contributed by atoms with Crippen LogP contribution in [0.5, 0.6) is 11.5 Å². The second-order valence-electron chi connectivity index (χ2n) is 5.72. The molecule has 0 radical (unpaired) electrons. The van der Waals surface area contributed by atoms with Crippen molar-refractivity contribution in [2.45, 2.75) is 13.0 Å². The Labute approximate surface area is 145 Å². The van der Waals surface area contributed by atoms with E-state index in [2.05, 4.69) is 50.4 Å². The molecule has 0 saturated heterocycles. The first-order valence-corrected chi connectivity index (χ1v) is 8.52.